The number of halogens is 2. The summed E-state index contributed by atoms with van der Waals surface area (Å²) < 4.78 is 0. The van der Waals surface area contributed by atoms with Gasteiger partial charge in [-0.3, -0.25) is 0 Å². The van der Waals surface area contributed by atoms with Gasteiger partial charge >= 0.3 is 0 Å². The van der Waals surface area contributed by atoms with E-state index >= 15 is 0 Å². The van der Waals surface area contributed by atoms with E-state index in [1.54, 1.807) is 0 Å². The fourth-order valence-corrected chi connectivity index (χ4v) is 1.91. The molecule has 0 atom stereocenters. The van der Waals surface area contributed by atoms with Gasteiger partial charge in [0, 0.05) is 6.54 Å². The highest BCUT2D eigenvalue weighted by Gasteiger charge is 2.04. The maximum Gasteiger partial charge on any atom is 0.245 e. The number of hydrogen-bond acceptors (Lipinski definition) is 4. The Morgan fingerprint density at radius 1 is 1.06 bits per heavy atom. The Morgan fingerprint density at radius 3 is 2.50 bits per heavy atom. The van der Waals surface area contributed by atoms with Crippen molar-refractivity contribution in [3.05, 3.63) is 10.4 Å². The third-order valence-electron chi connectivity index (χ3n) is 2.62. The molecule has 1 N–H and O–H groups in total. The fraction of sp³-hybridized carbons (Fsp3) is 0.750. The standard InChI is InChI=1S/C12H20Cl2N4/c1-9(2)7-5-3-4-6-8-15-11-10(13)17-18-12(14)16-11/h9H,3-8H2,1-2H3,(H,15,16,18). The van der Waals surface area contributed by atoms with E-state index < -0.39 is 0 Å². The molecule has 0 unspecified atom stereocenters. The molecule has 1 aromatic heterocycles. The van der Waals surface area contributed by atoms with Crippen molar-refractivity contribution in [2.75, 3.05) is 11.9 Å². The van der Waals surface area contributed by atoms with E-state index in [1.807, 2.05) is 0 Å². The summed E-state index contributed by atoms with van der Waals surface area (Å²) in [7, 11) is 0. The summed E-state index contributed by atoms with van der Waals surface area (Å²) in [6, 6.07) is 0. The predicted molar refractivity (Wildman–Crippen MR) is 76.3 cm³/mol. The Kier molecular flexibility index (Phi) is 7.28. The molecule has 1 rings (SSSR count). The van der Waals surface area contributed by atoms with Crippen LogP contribution >= 0.6 is 23.2 Å². The van der Waals surface area contributed by atoms with Gasteiger partial charge in [-0.05, 0) is 23.9 Å². The second-order valence-corrected chi connectivity index (χ2v) is 5.44. The quantitative estimate of drug-likeness (QED) is 0.729. The maximum absolute atomic E-state index is 5.84. The first-order chi connectivity index (χ1) is 8.59. The number of unbranched alkanes of at least 4 members (excludes halogenated alkanes) is 3. The van der Waals surface area contributed by atoms with Gasteiger partial charge in [-0.1, -0.05) is 51.1 Å². The Morgan fingerprint density at radius 2 is 1.78 bits per heavy atom. The average molecular weight is 291 g/mol. The van der Waals surface area contributed by atoms with E-state index in [-0.39, 0.29) is 10.4 Å². The van der Waals surface area contributed by atoms with Gasteiger partial charge in [0.1, 0.15) is 0 Å². The molecule has 0 aliphatic carbocycles. The minimum absolute atomic E-state index is 0.110. The number of nitrogens with zero attached hydrogens (tertiary/aromatic N) is 3. The summed E-state index contributed by atoms with van der Waals surface area (Å²) in [5, 5.41) is 10.7. The number of anilines is 1. The Hall–Kier alpha value is -0.610. The van der Waals surface area contributed by atoms with Crippen LogP contribution in [-0.4, -0.2) is 21.7 Å². The average Bonchev–Trinajstić information content (AvgIpc) is 2.32. The summed E-state index contributed by atoms with van der Waals surface area (Å²) in [4.78, 5) is 3.98. The first-order valence-electron chi connectivity index (χ1n) is 6.39. The number of aromatic nitrogens is 3. The van der Waals surface area contributed by atoms with Gasteiger partial charge in [0.2, 0.25) is 5.28 Å². The summed E-state index contributed by atoms with van der Waals surface area (Å²) in [6.45, 7) is 5.35. The van der Waals surface area contributed by atoms with Crippen LogP contribution in [0, 0.1) is 5.92 Å². The largest absolute Gasteiger partial charge is 0.367 e. The summed E-state index contributed by atoms with van der Waals surface area (Å²) in [6.07, 6.45) is 6.19. The molecule has 4 nitrogen and oxygen atoms in total. The van der Waals surface area contributed by atoms with Gasteiger partial charge in [-0.2, -0.15) is 4.98 Å². The number of hydrogen-bond donors (Lipinski definition) is 1. The van der Waals surface area contributed by atoms with Crippen LogP contribution in [0.3, 0.4) is 0 Å². The van der Waals surface area contributed by atoms with Crippen LogP contribution < -0.4 is 5.32 Å². The molecule has 18 heavy (non-hydrogen) atoms. The Balaban J connectivity index is 2.12. The molecule has 102 valence electrons. The van der Waals surface area contributed by atoms with E-state index in [1.165, 1.54) is 25.7 Å². The van der Waals surface area contributed by atoms with Crippen LogP contribution in [0.15, 0.2) is 0 Å². The van der Waals surface area contributed by atoms with Crippen LogP contribution in [-0.2, 0) is 0 Å². The van der Waals surface area contributed by atoms with Crippen molar-refractivity contribution in [3.63, 3.8) is 0 Å². The molecule has 0 amide bonds. The van der Waals surface area contributed by atoms with Gasteiger partial charge < -0.3 is 5.32 Å². The molecule has 0 radical (unpaired) electrons. The van der Waals surface area contributed by atoms with Crippen molar-refractivity contribution in [3.8, 4) is 0 Å². The zero-order chi connectivity index (χ0) is 13.4. The maximum atomic E-state index is 5.84. The molecule has 0 spiro atoms. The van der Waals surface area contributed by atoms with Gasteiger partial charge in [0.05, 0.1) is 0 Å². The minimum atomic E-state index is 0.110. The molecular formula is C12H20Cl2N4. The van der Waals surface area contributed by atoms with Crippen LogP contribution in [0.2, 0.25) is 10.4 Å². The van der Waals surface area contributed by atoms with Gasteiger partial charge in [-0.25, -0.2) is 0 Å². The van der Waals surface area contributed by atoms with Crippen molar-refractivity contribution in [2.45, 2.75) is 46.0 Å². The molecule has 0 bridgehead atoms. The van der Waals surface area contributed by atoms with Crippen molar-refractivity contribution < 1.29 is 0 Å². The SMILES string of the molecule is CC(C)CCCCCCNc1nc(Cl)nnc1Cl. The highest BCUT2D eigenvalue weighted by molar-refractivity contribution is 6.32. The minimum Gasteiger partial charge on any atom is -0.367 e. The van der Waals surface area contributed by atoms with Crippen molar-refractivity contribution in [2.24, 2.45) is 5.92 Å². The summed E-state index contributed by atoms with van der Waals surface area (Å²) in [5.74, 6) is 1.31. The predicted octanol–water partition coefficient (Wildman–Crippen LogP) is 4.20. The highest BCUT2D eigenvalue weighted by atomic mass is 35.5. The number of nitrogens with one attached hydrogen (secondary N) is 1. The molecule has 0 saturated heterocycles. The van der Waals surface area contributed by atoms with E-state index in [9.17, 15) is 0 Å². The highest BCUT2D eigenvalue weighted by Crippen LogP contribution is 2.16. The zero-order valence-corrected chi connectivity index (χ0v) is 12.4. The van der Waals surface area contributed by atoms with Crippen LogP contribution in [0.4, 0.5) is 5.82 Å². The van der Waals surface area contributed by atoms with Crippen molar-refractivity contribution in [1.29, 1.82) is 0 Å². The number of rotatable bonds is 8. The molecular weight excluding hydrogens is 271 g/mol. The first-order valence-corrected chi connectivity index (χ1v) is 7.14. The van der Waals surface area contributed by atoms with E-state index in [0.717, 1.165) is 18.9 Å². The molecule has 1 heterocycles. The molecule has 0 saturated carbocycles. The Bertz CT molecular complexity index is 358. The molecule has 0 fully saturated rings. The monoisotopic (exact) mass is 290 g/mol. The third-order valence-corrected chi connectivity index (χ3v) is 3.04. The van der Waals surface area contributed by atoms with E-state index in [2.05, 4.69) is 34.3 Å². The lowest BCUT2D eigenvalue weighted by Crippen LogP contribution is -2.06. The molecule has 1 aromatic rings. The second-order valence-electron chi connectivity index (χ2n) is 4.74. The summed E-state index contributed by atoms with van der Waals surface area (Å²) >= 11 is 11.5. The fourth-order valence-electron chi connectivity index (χ4n) is 1.64. The Labute approximate surface area is 118 Å². The van der Waals surface area contributed by atoms with Gasteiger partial charge in [0.25, 0.3) is 0 Å². The summed E-state index contributed by atoms with van der Waals surface area (Å²) in [5.41, 5.74) is 0. The van der Waals surface area contributed by atoms with Crippen LogP contribution in [0.25, 0.3) is 0 Å². The smallest absolute Gasteiger partial charge is 0.245 e. The topological polar surface area (TPSA) is 50.7 Å². The van der Waals surface area contributed by atoms with Crippen molar-refractivity contribution in [1.82, 2.24) is 15.2 Å². The zero-order valence-electron chi connectivity index (χ0n) is 10.9. The molecule has 6 heteroatoms. The molecule has 0 aliphatic heterocycles. The van der Waals surface area contributed by atoms with Crippen LogP contribution in [0.1, 0.15) is 46.0 Å². The first kappa shape index (κ1) is 15.4. The van der Waals surface area contributed by atoms with Gasteiger partial charge in [-0.15, -0.1) is 10.2 Å². The van der Waals surface area contributed by atoms with Crippen molar-refractivity contribution >= 4 is 29.0 Å². The van der Waals surface area contributed by atoms with E-state index in [0.29, 0.717) is 5.82 Å². The molecule has 0 aromatic carbocycles. The van der Waals surface area contributed by atoms with E-state index in [4.69, 9.17) is 23.2 Å². The van der Waals surface area contributed by atoms with Crippen LogP contribution in [0.5, 0.6) is 0 Å². The van der Waals surface area contributed by atoms with Gasteiger partial charge in [0.15, 0.2) is 11.0 Å². The molecule has 0 aliphatic rings. The lowest BCUT2D eigenvalue weighted by molar-refractivity contribution is 0.523. The lowest BCUT2D eigenvalue weighted by Gasteiger charge is -2.07. The second kappa shape index (κ2) is 8.48. The lowest BCUT2D eigenvalue weighted by atomic mass is 10.0. The normalized spacial score (nSPS) is 10.9. The third kappa shape index (κ3) is 6.36.